The van der Waals surface area contributed by atoms with Crippen LogP contribution in [0.4, 0.5) is 0 Å². The van der Waals surface area contributed by atoms with E-state index in [0.717, 1.165) is 12.8 Å². The van der Waals surface area contributed by atoms with Crippen molar-refractivity contribution in [3.8, 4) is 0 Å². The maximum absolute atomic E-state index is 11.9. The van der Waals surface area contributed by atoms with Crippen LogP contribution in [0.25, 0.3) is 0 Å². The molecular formula is C24H43NO3. The van der Waals surface area contributed by atoms with Gasteiger partial charge in [0.25, 0.3) is 0 Å². The molecule has 1 aliphatic rings. The van der Waals surface area contributed by atoms with E-state index in [1.165, 1.54) is 77.0 Å². The van der Waals surface area contributed by atoms with Gasteiger partial charge in [-0.1, -0.05) is 76.9 Å². The maximum atomic E-state index is 11.9. The van der Waals surface area contributed by atoms with Crippen molar-refractivity contribution in [2.24, 2.45) is 5.92 Å². The number of carbonyl (C=O) groups is 2. The highest BCUT2D eigenvalue weighted by atomic mass is 16.4. The van der Waals surface area contributed by atoms with Crippen molar-refractivity contribution in [2.45, 2.75) is 116 Å². The number of amides is 1. The highest BCUT2D eigenvalue weighted by molar-refractivity contribution is 5.86. The molecule has 1 amide bonds. The molecule has 4 heteroatoms. The Balaban J connectivity index is 1.90. The van der Waals surface area contributed by atoms with Crippen LogP contribution in [0.1, 0.15) is 110 Å². The Bertz CT molecular complexity index is 461. The number of carboxylic acids is 1. The molecule has 0 aromatic carbocycles. The van der Waals surface area contributed by atoms with Crippen molar-refractivity contribution in [1.82, 2.24) is 4.90 Å². The van der Waals surface area contributed by atoms with Gasteiger partial charge in [-0.2, -0.15) is 0 Å². The lowest BCUT2D eigenvalue weighted by atomic mass is 10.0. The molecule has 0 aromatic rings. The number of hydrogen-bond donors (Lipinski definition) is 1. The number of carbonyl (C=O) groups excluding carboxylic acids is 1. The Hall–Kier alpha value is -1.32. The number of unbranched alkanes of at least 4 members (excludes halogenated alkanes) is 12. The summed E-state index contributed by atoms with van der Waals surface area (Å²) in [6, 6.07) is -0.159. The van der Waals surface area contributed by atoms with Crippen LogP contribution in [0, 0.1) is 5.92 Å². The molecular weight excluding hydrogens is 350 g/mol. The summed E-state index contributed by atoms with van der Waals surface area (Å²) >= 11 is 0. The molecule has 4 nitrogen and oxygen atoms in total. The summed E-state index contributed by atoms with van der Waals surface area (Å²) in [4.78, 5) is 24.9. The van der Waals surface area contributed by atoms with Crippen LogP contribution in [0.3, 0.4) is 0 Å². The third-order valence-corrected chi connectivity index (χ3v) is 6.02. The van der Waals surface area contributed by atoms with Gasteiger partial charge in [0.05, 0.1) is 5.92 Å². The highest BCUT2D eigenvalue weighted by Gasteiger charge is 2.40. The average molecular weight is 394 g/mol. The topological polar surface area (TPSA) is 57.6 Å². The molecule has 162 valence electrons. The molecule has 1 N–H and O–H groups in total. The molecule has 1 saturated heterocycles. The molecule has 1 rings (SSSR count). The molecule has 1 heterocycles. The standard InChI is InChI=1S/C24H43NO3/c1-3-4-5-6-7-8-9-10-11-12-13-14-15-16-17-18-19-25-21(2)22(24(27)28)20-23(25)26/h10-11,21-22H,3-9,12-20H2,1-2H3,(H,27,28)/b11-10-/t21-,22+/m1/s1. The summed E-state index contributed by atoms with van der Waals surface area (Å²) in [6.07, 6.45) is 22.7. The number of allylic oxidation sites excluding steroid dienone is 2. The minimum atomic E-state index is -0.843. The summed E-state index contributed by atoms with van der Waals surface area (Å²) in [7, 11) is 0. The normalized spacial score (nSPS) is 19.8. The van der Waals surface area contributed by atoms with Crippen LogP contribution in [0.15, 0.2) is 12.2 Å². The molecule has 0 bridgehead atoms. The van der Waals surface area contributed by atoms with Gasteiger partial charge < -0.3 is 10.0 Å². The number of hydrogen-bond acceptors (Lipinski definition) is 2. The van der Waals surface area contributed by atoms with Gasteiger partial charge in [-0.3, -0.25) is 9.59 Å². The Labute approximate surface area is 172 Å². The van der Waals surface area contributed by atoms with E-state index in [2.05, 4.69) is 19.1 Å². The first-order chi connectivity index (χ1) is 13.6. The zero-order valence-electron chi connectivity index (χ0n) is 18.3. The van der Waals surface area contributed by atoms with E-state index in [1.807, 2.05) is 6.92 Å². The van der Waals surface area contributed by atoms with Gasteiger partial charge in [0, 0.05) is 19.0 Å². The van der Waals surface area contributed by atoms with E-state index in [9.17, 15) is 9.59 Å². The summed E-state index contributed by atoms with van der Waals surface area (Å²) in [5.74, 6) is -1.36. The molecule has 1 aliphatic heterocycles. The fourth-order valence-electron chi connectivity index (χ4n) is 4.07. The third kappa shape index (κ3) is 10.3. The molecule has 0 aromatic heterocycles. The summed E-state index contributed by atoms with van der Waals surface area (Å²) in [5.41, 5.74) is 0. The highest BCUT2D eigenvalue weighted by Crippen LogP contribution is 2.26. The van der Waals surface area contributed by atoms with Crippen LogP contribution >= 0.6 is 0 Å². The first kappa shape index (κ1) is 24.7. The largest absolute Gasteiger partial charge is 0.481 e. The van der Waals surface area contributed by atoms with Crippen molar-refractivity contribution in [2.75, 3.05) is 6.54 Å². The molecule has 2 atom stereocenters. The number of rotatable bonds is 17. The van der Waals surface area contributed by atoms with Gasteiger partial charge in [-0.25, -0.2) is 0 Å². The van der Waals surface area contributed by atoms with Crippen molar-refractivity contribution >= 4 is 11.9 Å². The molecule has 28 heavy (non-hydrogen) atoms. The Morgan fingerprint density at radius 3 is 1.93 bits per heavy atom. The van der Waals surface area contributed by atoms with Crippen LogP contribution in [-0.2, 0) is 9.59 Å². The number of carboxylic acid groups (broad SMARTS) is 1. The molecule has 0 radical (unpaired) electrons. The number of aliphatic carboxylic acids is 1. The second kappa shape index (κ2) is 15.6. The van der Waals surface area contributed by atoms with E-state index in [4.69, 9.17) is 5.11 Å². The summed E-state index contributed by atoms with van der Waals surface area (Å²) in [6.45, 7) is 4.84. The zero-order chi connectivity index (χ0) is 20.6. The fourth-order valence-corrected chi connectivity index (χ4v) is 4.07. The molecule has 0 aliphatic carbocycles. The van der Waals surface area contributed by atoms with Gasteiger partial charge >= 0.3 is 5.97 Å². The van der Waals surface area contributed by atoms with Gasteiger partial charge in [-0.05, 0) is 39.0 Å². The van der Waals surface area contributed by atoms with Crippen LogP contribution in [-0.4, -0.2) is 34.5 Å². The summed E-state index contributed by atoms with van der Waals surface area (Å²) in [5, 5.41) is 9.15. The number of likely N-dealkylation sites (tertiary alicyclic amines) is 1. The smallest absolute Gasteiger partial charge is 0.309 e. The van der Waals surface area contributed by atoms with E-state index in [0.29, 0.717) is 6.54 Å². The van der Waals surface area contributed by atoms with E-state index in [1.54, 1.807) is 4.90 Å². The van der Waals surface area contributed by atoms with Gasteiger partial charge in [0.2, 0.25) is 5.91 Å². The molecule has 0 saturated carbocycles. The first-order valence-corrected chi connectivity index (χ1v) is 11.7. The van der Waals surface area contributed by atoms with Crippen LogP contribution < -0.4 is 0 Å². The van der Waals surface area contributed by atoms with Crippen molar-refractivity contribution < 1.29 is 14.7 Å². The minimum Gasteiger partial charge on any atom is -0.481 e. The molecule has 0 spiro atoms. The Morgan fingerprint density at radius 1 is 0.929 bits per heavy atom. The second-order valence-corrected chi connectivity index (χ2v) is 8.41. The predicted molar refractivity (Wildman–Crippen MR) is 116 cm³/mol. The van der Waals surface area contributed by atoms with Crippen LogP contribution in [0.2, 0.25) is 0 Å². The van der Waals surface area contributed by atoms with E-state index >= 15 is 0 Å². The lowest BCUT2D eigenvalue weighted by Gasteiger charge is -2.23. The van der Waals surface area contributed by atoms with Crippen LogP contribution in [0.5, 0.6) is 0 Å². The van der Waals surface area contributed by atoms with Crippen molar-refractivity contribution in [3.05, 3.63) is 12.2 Å². The second-order valence-electron chi connectivity index (χ2n) is 8.41. The molecule has 0 unspecified atom stereocenters. The SMILES string of the molecule is CCCCCCCC/C=C\CCCCCCCCN1C(=O)C[C@H](C(=O)O)[C@H]1C. The van der Waals surface area contributed by atoms with Gasteiger partial charge in [0.15, 0.2) is 0 Å². The van der Waals surface area contributed by atoms with Gasteiger partial charge in [0.1, 0.15) is 0 Å². The molecule has 1 fully saturated rings. The first-order valence-electron chi connectivity index (χ1n) is 11.7. The Morgan fingerprint density at radius 2 is 1.43 bits per heavy atom. The minimum absolute atomic E-state index is 0.00708. The predicted octanol–water partition coefficient (Wildman–Crippen LogP) is 6.35. The Kier molecular flexibility index (Phi) is 13.8. The van der Waals surface area contributed by atoms with E-state index < -0.39 is 11.9 Å². The van der Waals surface area contributed by atoms with Crippen molar-refractivity contribution in [1.29, 1.82) is 0 Å². The quantitative estimate of drug-likeness (QED) is 0.231. The third-order valence-electron chi connectivity index (χ3n) is 6.02. The maximum Gasteiger partial charge on any atom is 0.309 e. The van der Waals surface area contributed by atoms with Crippen molar-refractivity contribution in [3.63, 3.8) is 0 Å². The van der Waals surface area contributed by atoms with E-state index in [-0.39, 0.29) is 18.4 Å². The monoisotopic (exact) mass is 393 g/mol. The lowest BCUT2D eigenvalue weighted by Crippen LogP contribution is -2.35. The number of nitrogens with zero attached hydrogens (tertiary/aromatic N) is 1. The fraction of sp³-hybridized carbons (Fsp3) is 0.833. The van der Waals surface area contributed by atoms with Gasteiger partial charge in [-0.15, -0.1) is 0 Å². The zero-order valence-corrected chi connectivity index (χ0v) is 18.3. The summed E-state index contributed by atoms with van der Waals surface area (Å²) < 4.78 is 0. The average Bonchev–Trinajstić information content (AvgIpc) is 2.96. The lowest BCUT2D eigenvalue weighted by molar-refractivity contribution is -0.142.